The average Bonchev–Trinajstić information content (AvgIpc) is 3.15. The minimum atomic E-state index is -0.157. The van der Waals surface area contributed by atoms with E-state index >= 15 is 0 Å². The summed E-state index contributed by atoms with van der Waals surface area (Å²) in [5.74, 6) is 0.427. The molecule has 1 saturated heterocycles. The van der Waals surface area contributed by atoms with E-state index in [4.69, 9.17) is 9.47 Å². The molecule has 1 aliphatic heterocycles. The molecule has 0 radical (unpaired) electrons. The quantitative estimate of drug-likeness (QED) is 0.215. The van der Waals surface area contributed by atoms with Crippen LogP contribution in [0.25, 0.3) is 0 Å². The molecule has 0 saturated carbocycles. The van der Waals surface area contributed by atoms with Crippen LogP contribution in [0.5, 0.6) is 0 Å². The molecule has 2 heterocycles. The van der Waals surface area contributed by atoms with Crippen molar-refractivity contribution in [3.63, 3.8) is 0 Å². The maximum absolute atomic E-state index is 11.9. The van der Waals surface area contributed by atoms with E-state index in [0.717, 1.165) is 32.4 Å². The lowest BCUT2D eigenvalue weighted by Crippen LogP contribution is -2.41. The Morgan fingerprint density at radius 2 is 2.35 bits per heavy atom. The lowest BCUT2D eigenvalue weighted by Gasteiger charge is -2.13. The highest BCUT2D eigenvalue weighted by atomic mass is 127. The van der Waals surface area contributed by atoms with Crippen molar-refractivity contribution < 1.29 is 14.3 Å². The number of aromatic nitrogens is 1. The molecule has 2 rings (SSSR count). The van der Waals surface area contributed by atoms with E-state index in [1.807, 2.05) is 0 Å². The summed E-state index contributed by atoms with van der Waals surface area (Å²) in [6.07, 6.45) is 6.60. The largest absolute Gasteiger partial charge is 0.379 e. The molecule has 1 aromatic rings. The molecule has 146 valence electrons. The Bertz CT molecular complexity index is 538. The summed E-state index contributed by atoms with van der Waals surface area (Å²) in [5, 5.41) is 8.88. The normalized spacial score (nSPS) is 16.7. The van der Waals surface area contributed by atoms with Gasteiger partial charge in [0.15, 0.2) is 5.96 Å². The second-order valence-electron chi connectivity index (χ2n) is 5.71. The number of carbonyl (C=O) groups excluding carboxylic acids is 1. The third-order valence-electron chi connectivity index (χ3n) is 3.67. The first kappa shape index (κ1) is 22.6. The van der Waals surface area contributed by atoms with Crippen LogP contribution in [0.2, 0.25) is 0 Å². The summed E-state index contributed by atoms with van der Waals surface area (Å²) in [4.78, 5) is 19.9. The molecule has 1 atom stereocenters. The van der Waals surface area contributed by atoms with Gasteiger partial charge in [-0.1, -0.05) is 0 Å². The van der Waals surface area contributed by atoms with Crippen LogP contribution in [-0.2, 0) is 14.3 Å². The zero-order chi connectivity index (χ0) is 17.7. The minimum Gasteiger partial charge on any atom is -0.379 e. The molecule has 0 bridgehead atoms. The maximum atomic E-state index is 11.9. The summed E-state index contributed by atoms with van der Waals surface area (Å²) in [6, 6.07) is 3.55. The van der Waals surface area contributed by atoms with Crippen molar-refractivity contribution >= 4 is 41.5 Å². The van der Waals surface area contributed by atoms with Crippen LogP contribution in [0.4, 0.5) is 5.69 Å². The van der Waals surface area contributed by atoms with Gasteiger partial charge in [-0.25, -0.2) is 0 Å². The van der Waals surface area contributed by atoms with E-state index in [9.17, 15) is 4.79 Å². The van der Waals surface area contributed by atoms with Gasteiger partial charge in [0.25, 0.3) is 0 Å². The zero-order valence-electron chi connectivity index (χ0n) is 15.1. The number of rotatable bonds is 9. The number of ether oxygens (including phenoxy) is 2. The molecule has 1 unspecified atom stereocenters. The van der Waals surface area contributed by atoms with Crippen molar-refractivity contribution in [2.24, 2.45) is 4.99 Å². The number of hydrogen-bond donors (Lipinski definition) is 3. The van der Waals surface area contributed by atoms with E-state index in [0.29, 0.717) is 24.9 Å². The number of guanidine groups is 1. The Kier molecular flexibility index (Phi) is 11.9. The van der Waals surface area contributed by atoms with Crippen LogP contribution < -0.4 is 16.0 Å². The fourth-order valence-corrected chi connectivity index (χ4v) is 2.40. The number of anilines is 1. The van der Waals surface area contributed by atoms with Crippen LogP contribution in [-0.4, -0.2) is 62.9 Å². The molecule has 0 aliphatic carbocycles. The zero-order valence-corrected chi connectivity index (χ0v) is 17.4. The molecule has 1 fully saturated rings. The lowest BCUT2D eigenvalue weighted by atomic mass is 10.2. The van der Waals surface area contributed by atoms with Gasteiger partial charge >= 0.3 is 0 Å². The van der Waals surface area contributed by atoms with Gasteiger partial charge in [-0.2, -0.15) is 0 Å². The van der Waals surface area contributed by atoms with Gasteiger partial charge in [0, 0.05) is 33.0 Å². The van der Waals surface area contributed by atoms with E-state index in [1.54, 1.807) is 31.6 Å². The molecule has 26 heavy (non-hydrogen) atoms. The molecule has 1 aliphatic rings. The van der Waals surface area contributed by atoms with Crippen LogP contribution in [0.1, 0.15) is 19.3 Å². The fraction of sp³-hybridized carbons (Fsp3) is 0.588. The Morgan fingerprint density at radius 3 is 3.04 bits per heavy atom. The molecule has 1 aromatic heterocycles. The number of nitrogens with zero attached hydrogens (tertiary/aromatic N) is 2. The molecule has 1 amide bonds. The predicted molar refractivity (Wildman–Crippen MR) is 112 cm³/mol. The molecular formula is C17H28IN5O3. The molecule has 3 N–H and O–H groups in total. The number of nitrogens with one attached hydrogen (secondary N) is 3. The van der Waals surface area contributed by atoms with E-state index in [2.05, 4.69) is 25.9 Å². The lowest BCUT2D eigenvalue weighted by molar-refractivity contribution is -0.115. The third-order valence-corrected chi connectivity index (χ3v) is 3.67. The Hall–Kier alpha value is -1.46. The highest BCUT2D eigenvalue weighted by Crippen LogP contribution is 2.11. The molecule has 8 nitrogen and oxygen atoms in total. The van der Waals surface area contributed by atoms with Crippen molar-refractivity contribution in [3.8, 4) is 0 Å². The number of amides is 1. The number of pyridine rings is 1. The number of halogens is 1. The van der Waals surface area contributed by atoms with Gasteiger partial charge in [0.1, 0.15) is 0 Å². The first-order valence-electron chi connectivity index (χ1n) is 8.61. The van der Waals surface area contributed by atoms with Gasteiger partial charge in [0.05, 0.1) is 31.1 Å². The number of carbonyl (C=O) groups is 1. The second kappa shape index (κ2) is 13.7. The highest BCUT2D eigenvalue weighted by molar-refractivity contribution is 14.0. The van der Waals surface area contributed by atoms with Crippen molar-refractivity contribution in [1.29, 1.82) is 0 Å². The van der Waals surface area contributed by atoms with Gasteiger partial charge in [0.2, 0.25) is 5.91 Å². The van der Waals surface area contributed by atoms with Crippen molar-refractivity contribution in [2.75, 3.05) is 45.3 Å². The summed E-state index contributed by atoms with van der Waals surface area (Å²) in [7, 11) is 1.67. The van der Waals surface area contributed by atoms with Crippen LogP contribution >= 0.6 is 24.0 Å². The molecule has 9 heteroatoms. The van der Waals surface area contributed by atoms with Gasteiger partial charge in [-0.15, -0.1) is 24.0 Å². The summed E-state index contributed by atoms with van der Waals surface area (Å²) in [6.45, 7) is 3.04. The van der Waals surface area contributed by atoms with Crippen molar-refractivity contribution in [3.05, 3.63) is 24.5 Å². The molecule has 0 spiro atoms. The van der Waals surface area contributed by atoms with Crippen molar-refractivity contribution in [1.82, 2.24) is 15.6 Å². The van der Waals surface area contributed by atoms with Gasteiger partial charge < -0.3 is 25.4 Å². The summed E-state index contributed by atoms with van der Waals surface area (Å²) in [5.41, 5.74) is 0.667. The average molecular weight is 477 g/mol. The summed E-state index contributed by atoms with van der Waals surface area (Å²) >= 11 is 0. The Balaban J connectivity index is 0.00000338. The summed E-state index contributed by atoms with van der Waals surface area (Å²) < 4.78 is 11.1. The fourth-order valence-electron chi connectivity index (χ4n) is 2.40. The first-order valence-corrected chi connectivity index (χ1v) is 8.61. The number of aliphatic imine (C=N–C) groups is 1. The first-order chi connectivity index (χ1) is 12.3. The topological polar surface area (TPSA) is 96.9 Å². The van der Waals surface area contributed by atoms with Crippen LogP contribution in [0, 0.1) is 0 Å². The smallest absolute Gasteiger partial charge is 0.243 e. The highest BCUT2D eigenvalue weighted by Gasteiger charge is 2.14. The van der Waals surface area contributed by atoms with Gasteiger partial charge in [-0.05, 0) is 31.4 Å². The Labute approximate surface area is 171 Å². The second-order valence-corrected chi connectivity index (χ2v) is 5.71. The maximum Gasteiger partial charge on any atom is 0.243 e. The van der Waals surface area contributed by atoms with Crippen LogP contribution in [0.3, 0.4) is 0 Å². The van der Waals surface area contributed by atoms with E-state index < -0.39 is 0 Å². The van der Waals surface area contributed by atoms with Crippen LogP contribution in [0.15, 0.2) is 29.5 Å². The monoisotopic (exact) mass is 477 g/mol. The standard InChI is InChI=1S/C17H27N5O3.HI/c1-18-17(20-8-4-9-24-13-15-6-3-10-25-15)21-12-16(23)22-14-5-2-7-19-11-14;/h2,5,7,11,15H,3-4,6,8-10,12-13H2,1H3,(H,22,23)(H2,18,20,21);1H. The number of hydrogen-bond acceptors (Lipinski definition) is 5. The minimum absolute atomic E-state index is 0. The Morgan fingerprint density at radius 1 is 1.46 bits per heavy atom. The SMILES string of the molecule is CN=C(NCCCOCC1CCCO1)NCC(=O)Nc1cccnc1.I. The van der Waals surface area contributed by atoms with Crippen molar-refractivity contribution in [2.45, 2.75) is 25.4 Å². The van der Waals surface area contributed by atoms with E-state index in [1.165, 1.54) is 0 Å². The van der Waals surface area contributed by atoms with Gasteiger partial charge in [-0.3, -0.25) is 14.8 Å². The van der Waals surface area contributed by atoms with E-state index in [-0.39, 0.29) is 42.5 Å². The third kappa shape index (κ3) is 9.30. The molecular weight excluding hydrogens is 449 g/mol. The predicted octanol–water partition coefficient (Wildman–Crippen LogP) is 1.39. The molecule has 0 aromatic carbocycles.